The summed E-state index contributed by atoms with van der Waals surface area (Å²) in [6, 6.07) is 0.270. The lowest BCUT2D eigenvalue weighted by atomic mass is 10.2. The van der Waals surface area contributed by atoms with Gasteiger partial charge in [0.2, 0.25) is 5.91 Å². The lowest BCUT2D eigenvalue weighted by molar-refractivity contribution is -0.138. The van der Waals surface area contributed by atoms with E-state index in [1.54, 1.807) is 11.8 Å². The number of carbonyl (C=O) groups is 2. The summed E-state index contributed by atoms with van der Waals surface area (Å²) in [6.07, 6.45) is 4.75. The van der Waals surface area contributed by atoms with Gasteiger partial charge in [-0.25, -0.2) is 0 Å². The Hall–Kier alpha value is -1.32. The van der Waals surface area contributed by atoms with Crippen molar-refractivity contribution in [2.45, 2.75) is 45.6 Å². The predicted octanol–water partition coefficient (Wildman–Crippen LogP) is 1.81. The highest BCUT2D eigenvalue weighted by molar-refractivity contribution is 5.93. The molecule has 0 aromatic carbocycles. The van der Waals surface area contributed by atoms with Crippen molar-refractivity contribution in [3.8, 4) is 0 Å². The van der Waals surface area contributed by atoms with Crippen LogP contribution in [0.25, 0.3) is 0 Å². The standard InChI is InChI=1S/C12H19NO3/c1-3-4-9(2)12(16)13(10-5-6-10)8-7-11(14)15/h4,10H,3,5-8H2,1-2H3,(H,14,15)/b9-4+. The van der Waals surface area contributed by atoms with Crippen LogP contribution in [-0.2, 0) is 9.59 Å². The van der Waals surface area contributed by atoms with Gasteiger partial charge in [-0.15, -0.1) is 0 Å². The van der Waals surface area contributed by atoms with Crippen molar-refractivity contribution in [2.75, 3.05) is 6.54 Å². The average molecular weight is 225 g/mol. The minimum Gasteiger partial charge on any atom is -0.481 e. The Bertz CT molecular complexity index is 305. The van der Waals surface area contributed by atoms with E-state index >= 15 is 0 Å². The van der Waals surface area contributed by atoms with Crippen molar-refractivity contribution in [3.63, 3.8) is 0 Å². The van der Waals surface area contributed by atoms with E-state index in [-0.39, 0.29) is 18.4 Å². The maximum atomic E-state index is 12.0. The van der Waals surface area contributed by atoms with Gasteiger partial charge in [-0.1, -0.05) is 13.0 Å². The van der Waals surface area contributed by atoms with Crippen molar-refractivity contribution in [2.24, 2.45) is 0 Å². The number of nitrogens with zero attached hydrogens (tertiary/aromatic N) is 1. The second kappa shape index (κ2) is 5.68. The molecular formula is C12H19NO3. The fourth-order valence-corrected chi connectivity index (χ4v) is 1.67. The number of aliphatic carboxylic acids is 1. The van der Waals surface area contributed by atoms with Gasteiger partial charge in [0.05, 0.1) is 6.42 Å². The molecule has 0 aromatic rings. The highest BCUT2D eigenvalue weighted by Gasteiger charge is 2.32. The van der Waals surface area contributed by atoms with Crippen molar-refractivity contribution in [1.29, 1.82) is 0 Å². The van der Waals surface area contributed by atoms with E-state index in [0.29, 0.717) is 6.54 Å². The molecule has 4 heteroatoms. The van der Waals surface area contributed by atoms with Gasteiger partial charge in [-0.05, 0) is 26.2 Å². The summed E-state index contributed by atoms with van der Waals surface area (Å²) in [5, 5.41) is 8.64. The monoisotopic (exact) mass is 225 g/mol. The molecule has 0 radical (unpaired) electrons. The number of rotatable bonds is 6. The molecule has 1 aliphatic carbocycles. The van der Waals surface area contributed by atoms with Crippen LogP contribution in [0.3, 0.4) is 0 Å². The van der Waals surface area contributed by atoms with E-state index in [0.717, 1.165) is 24.8 Å². The molecule has 90 valence electrons. The van der Waals surface area contributed by atoms with Crippen molar-refractivity contribution >= 4 is 11.9 Å². The highest BCUT2D eigenvalue weighted by Crippen LogP contribution is 2.28. The van der Waals surface area contributed by atoms with Crippen LogP contribution in [-0.4, -0.2) is 34.5 Å². The summed E-state index contributed by atoms with van der Waals surface area (Å²) in [4.78, 5) is 24.2. The molecule has 16 heavy (non-hydrogen) atoms. The number of carbonyl (C=O) groups excluding carboxylic acids is 1. The molecule has 0 aromatic heterocycles. The van der Waals surface area contributed by atoms with Gasteiger partial charge >= 0.3 is 5.97 Å². The summed E-state index contributed by atoms with van der Waals surface area (Å²) in [5.41, 5.74) is 0.722. The second-order valence-electron chi connectivity index (χ2n) is 4.17. The number of hydrogen-bond donors (Lipinski definition) is 1. The topological polar surface area (TPSA) is 57.6 Å². The Morgan fingerprint density at radius 3 is 2.50 bits per heavy atom. The zero-order valence-electron chi connectivity index (χ0n) is 9.90. The van der Waals surface area contributed by atoms with E-state index in [9.17, 15) is 9.59 Å². The largest absolute Gasteiger partial charge is 0.481 e. The van der Waals surface area contributed by atoms with Crippen LogP contribution in [0.4, 0.5) is 0 Å². The molecule has 1 amide bonds. The molecule has 1 aliphatic rings. The molecule has 0 heterocycles. The van der Waals surface area contributed by atoms with Gasteiger partial charge < -0.3 is 10.0 Å². The van der Waals surface area contributed by atoms with Gasteiger partial charge in [0.1, 0.15) is 0 Å². The van der Waals surface area contributed by atoms with E-state index in [1.165, 1.54) is 0 Å². The maximum Gasteiger partial charge on any atom is 0.305 e. The fourth-order valence-electron chi connectivity index (χ4n) is 1.67. The molecule has 4 nitrogen and oxygen atoms in total. The Balaban J connectivity index is 2.59. The van der Waals surface area contributed by atoms with Crippen molar-refractivity contribution < 1.29 is 14.7 Å². The molecule has 0 atom stereocenters. The van der Waals surface area contributed by atoms with E-state index in [2.05, 4.69) is 0 Å². The van der Waals surface area contributed by atoms with Crippen LogP contribution in [0.1, 0.15) is 39.5 Å². The van der Waals surface area contributed by atoms with Crippen molar-refractivity contribution in [1.82, 2.24) is 4.90 Å². The Kier molecular flexibility index (Phi) is 4.52. The van der Waals surface area contributed by atoms with Crippen molar-refractivity contribution in [3.05, 3.63) is 11.6 Å². The first kappa shape index (κ1) is 12.7. The van der Waals surface area contributed by atoms with Crippen LogP contribution in [0.15, 0.2) is 11.6 Å². The minimum atomic E-state index is -0.851. The summed E-state index contributed by atoms with van der Waals surface area (Å²) in [5.74, 6) is -0.860. The normalized spacial score (nSPS) is 16.0. The summed E-state index contributed by atoms with van der Waals surface area (Å²) in [7, 11) is 0. The summed E-state index contributed by atoms with van der Waals surface area (Å²) < 4.78 is 0. The van der Waals surface area contributed by atoms with Gasteiger partial charge in [-0.2, -0.15) is 0 Å². The third-order valence-corrected chi connectivity index (χ3v) is 2.66. The zero-order chi connectivity index (χ0) is 12.1. The Labute approximate surface area is 95.9 Å². The second-order valence-corrected chi connectivity index (χ2v) is 4.17. The minimum absolute atomic E-state index is 0.00870. The Morgan fingerprint density at radius 2 is 2.06 bits per heavy atom. The number of carboxylic acids is 1. The van der Waals surface area contributed by atoms with Gasteiger partial charge in [-0.3, -0.25) is 9.59 Å². The van der Waals surface area contributed by atoms with Crippen LogP contribution < -0.4 is 0 Å². The first-order valence-corrected chi connectivity index (χ1v) is 5.75. The number of amides is 1. The third kappa shape index (κ3) is 3.68. The van der Waals surface area contributed by atoms with E-state index < -0.39 is 5.97 Å². The maximum absolute atomic E-state index is 12.0. The lowest BCUT2D eigenvalue weighted by Gasteiger charge is -2.21. The zero-order valence-corrected chi connectivity index (χ0v) is 9.90. The summed E-state index contributed by atoms with van der Waals surface area (Å²) >= 11 is 0. The SMILES string of the molecule is CC/C=C(\C)C(=O)N(CCC(=O)O)C1CC1. The Morgan fingerprint density at radius 1 is 1.44 bits per heavy atom. The first-order valence-electron chi connectivity index (χ1n) is 5.75. The molecule has 0 aliphatic heterocycles. The van der Waals surface area contributed by atoms with Crippen LogP contribution in [0.5, 0.6) is 0 Å². The number of hydrogen-bond acceptors (Lipinski definition) is 2. The molecular weight excluding hydrogens is 206 g/mol. The third-order valence-electron chi connectivity index (χ3n) is 2.66. The van der Waals surface area contributed by atoms with Crippen LogP contribution in [0, 0.1) is 0 Å². The fraction of sp³-hybridized carbons (Fsp3) is 0.667. The molecule has 0 spiro atoms. The molecule has 1 saturated carbocycles. The van der Waals surface area contributed by atoms with E-state index in [4.69, 9.17) is 5.11 Å². The average Bonchev–Trinajstić information content (AvgIpc) is 3.01. The molecule has 1 fully saturated rings. The van der Waals surface area contributed by atoms with E-state index in [1.807, 2.05) is 13.0 Å². The van der Waals surface area contributed by atoms with Gasteiger partial charge in [0.15, 0.2) is 0 Å². The molecule has 0 bridgehead atoms. The molecule has 0 saturated heterocycles. The summed E-state index contributed by atoms with van der Waals surface area (Å²) in [6.45, 7) is 4.10. The lowest BCUT2D eigenvalue weighted by Crippen LogP contribution is -2.35. The van der Waals surface area contributed by atoms with Crippen LogP contribution >= 0.6 is 0 Å². The quantitative estimate of drug-likeness (QED) is 0.701. The first-order chi connectivity index (χ1) is 7.56. The molecule has 0 unspecified atom stereocenters. The smallest absolute Gasteiger partial charge is 0.305 e. The van der Waals surface area contributed by atoms with Gasteiger partial charge in [0.25, 0.3) is 0 Å². The number of allylic oxidation sites excluding steroid dienone is 1. The number of carboxylic acid groups (broad SMARTS) is 1. The van der Waals surface area contributed by atoms with Crippen LogP contribution in [0.2, 0.25) is 0 Å². The highest BCUT2D eigenvalue weighted by atomic mass is 16.4. The predicted molar refractivity (Wildman–Crippen MR) is 61.0 cm³/mol. The van der Waals surface area contributed by atoms with Gasteiger partial charge in [0, 0.05) is 18.2 Å². The molecule has 1 rings (SSSR count). The molecule has 1 N–H and O–H groups in total.